The normalized spacial score (nSPS) is 13.5. The van der Waals surface area contributed by atoms with Crippen molar-refractivity contribution in [1.29, 1.82) is 0 Å². The second-order valence-electron chi connectivity index (χ2n) is 11.7. The predicted molar refractivity (Wildman–Crippen MR) is 181 cm³/mol. The number of hydrogen-bond donors (Lipinski definition) is 0. The molecular formula is C38H42N4O. The van der Waals surface area contributed by atoms with Gasteiger partial charge in [0.1, 0.15) is 0 Å². The monoisotopic (exact) mass is 570 g/mol. The lowest BCUT2D eigenvalue weighted by Crippen LogP contribution is -2.31. The average Bonchev–Trinajstić information content (AvgIpc) is 3.38. The van der Waals surface area contributed by atoms with Crippen LogP contribution < -0.4 is 4.90 Å². The van der Waals surface area contributed by atoms with Gasteiger partial charge in [-0.15, -0.1) is 0 Å². The lowest BCUT2D eigenvalue weighted by molar-refractivity contribution is 0.225. The van der Waals surface area contributed by atoms with Crippen molar-refractivity contribution in [2.45, 2.75) is 27.3 Å². The molecule has 0 spiro atoms. The number of aromatic nitrogens is 1. The number of fused-ring (bicyclic) bond motifs is 1. The van der Waals surface area contributed by atoms with Gasteiger partial charge in [0, 0.05) is 44.3 Å². The van der Waals surface area contributed by atoms with Crippen LogP contribution in [0.3, 0.4) is 0 Å². The molecule has 43 heavy (non-hydrogen) atoms. The van der Waals surface area contributed by atoms with Gasteiger partial charge in [-0.05, 0) is 67.9 Å². The number of anilines is 1. The molecular weight excluding hydrogens is 528 g/mol. The Balaban J connectivity index is 0.000000197. The Labute approximate surface area is 257 Å². The number of rotatable bonds is 8. The molecule has 1 aliphatic rings. The van der Waals surface area contributed by atoms with E-state index in [9.17, 15) is 4.79 Å². The van der Waals surface area contributed by atoms with Gasteiger partial charge in [0.2, 0.25) is 0 Å². The third-order valence-corrected chi connectivity index (χ3v) is 6.87. The first-order valence-corrected chi connectivity index (χ1v) is 14.8. The zero-order chi connectivity index (χ0) is 30.5. The van der Waals surface area contributed by atoms with E-state index in [-0.39, 0.29) is 11.4 Å². The van der Waals surface area contributed by atoms with Crippen LogP contribution >= 0.6 is 0 Å². The van der Waals surface area contributed by atoms with Crippen molar-refractivity contribution in [1.82, 2.24) is 14.8 Å². The van der Waals surface area contributed by atoms with E-state index in [1.165, 1.54) is 16.3 Å². The maximum absolute atomic E-state index is 12.3. The van der Waals surface area contributed by atoms with Crippen molar-refractivity contribution in [3.05, 3.63) is 127 Å². The van der Waals surface area contributed by atoms with E-state index in [1.54, 1.807) is 17.3 Å². The zero-order valence-corrected chi connectivity index (χ0v) is 25.8. The quantitative estimate of drug-likeness (QED) is 0.202. The van der Waals surface area contributed by atoms with Crippen LogP contribution in [0.2, 0.25) is 0 Å². The first kappa shape index (κ1) is 31.3. The predicted octanol–water partition coefficient (Wildman–Crippen LogP) is 7.91. The Morgan fingerprint density at radius 2 is 1.67 bits per heavy atom. The number of urea groups is 1. The molecule has 0 atom stereocenters. The highest BCUT2D eigenvalue weighted by Crippen LogP contribution is 2.20. The van der Waals surface area contributed by atoms with E-state index in [2.05, 4.69) is 98.1 Å². The summed E-state index contributed by atoms with van der Waals surface area (Å²) in [6, 6.07) is 29.0. The fourth-order valence-corrected chi connectivity index (χ4v) is 4.72. The molecule has 2 amide bonds. The van der Waals surface area contributed by atoms with Crippen LogP contribution in [0.5, 0.6) is 0 Å². The minimum atomic E-state index is 0.0423. The molecule has 5 rings (SSSR count). The molecule has 1 fully saturated rings. The van der Waals surface area contributed by atoms with E-state index in [0.29, 0.717) is 13.1 Å². The average molecular weight is 571 g/mol. The third kappa shape index (κ3) is 9.99. The zero-order valence-electron chi connectivity index (χ0n) is 25.8. The van der Waals surface area contributed by atoms with Gasteiger partial charge < -0.3 is 4.90 Å². The summed E-state index contributed by atoms with van der Waals surface area (Å²) in [6.45, 7) is 10.3. The van der Waals surface area contributed by atoms with Crippen LogP contribution in [0.1, 0.15) is 31.9 Å². The van der Waals surface area contributed by atoms with Gasteiger partial charge in [-0.2, -0.15) is 0 Å². The molecule has 0 unspecified atom stereocenters. The first-order valence-electron chi connectivity index (χ1n) is 14.8. The second-order valence-corrected chi connectivity index (χ2v) is 11.7. The Morgan fingerprint density at radius 1 is 0.907 bits per heavy atom. The van der Waals surface area contributed by atoms with E-state index >= 15 is 0 Å². The number of carbonyl (C=O) groups excluding carboxylic acids is 1. The summed E-state index contributed by atoms with van der Waals surface area (Å²) in [5, 5.41) is 2.65. The minimum absolute atomic E-state index is 0.0423. The molecule has 0 radical (unpaired) electrons. The van der Waals surface area contributed by atoms with Crippen molar-refractivity contribution in [2.24, 2.45) is 5.41 Å². The fraction of sp³-hybridized carbons (Fsp3) is 0.263. The maximum atomic E-state index is 12.3. The molecule has 1 saturated heterocycles. The highest BCUT2D eigenvalue weighted by molar-refractivity contribution is 5.94. The van der Waals surface area contributed by atoms with Crippen LogP contribution in [0, 0.1) is 17.3 Å². The summed E-state index contributed by atoms with van der Waals surface area (Å²) in [5.41, 5.74) is 3.44. The lowest BCUT2D eigenvalue weighted by atomic mass is 9.98. The van der Waals surface area contributed by atoms with Gasteiger partial charge in [-0.3, -0.25) is 14.8 Å². The standard InChI is InChI=1S/C21H25N.C17H17N3O/c1-21(2,3)15-8-5-9-16-22(4)17-19-13-10-12-18-11-6-7-14-20(18)19;21-17-19(11-5-8-15-6-2-1-3-7-15)12-13-20(17)16-9-4-10-18-14-16/h5-7,9-14H,16-17H2,1-4H3;1-10,14H,11-13H2/b9-5+;8-5+. The highest BCUT2D eigenvalue weighted by atomic mass is 16.2. The van der Waals surface area contributed by atoms with Crippen molar-refractivity contribution >= 4 is 28.6 Å². The topological polar surface area (TPSA) is 39.7 Å². The molecule has 4 aromatic rings. The van der Waals surface area contributed by atoms with E-state index < -0.39 is 0 Å². The largest absolute Gasteiger partial charge is 0.324 e. The molecule has 0 bridgehead atoms. The van der Waals surface area contributed by atoms with Gasteiger partial charge in [0.15, 0.2) is 0 Å². The van der Waals surface area contributed by atoms with Gasteiger partial charge >= 0.3 is 6.03 Å². The van der Waals surface area contributed by atoms with Gasteiger partial charge in [-0.25, -0.2) is 4.79 Å². The molecule has 5 heteroatoms. The molecule has 1 aromatic heterocycles. The van der Waals surface area contributed by atoms with Crippen LogP contribution in [0.4, 0.5) is 10.5 Å². The Hall–Kier alpha value is -4.66. The van der Waals surface area contributed by atoms with Crippen molar-refractivity contribution < 1.29 is 4.79 Å². The number of amides is 2. The third-order valence-electron chi connectivity index (χ3n) is 6.87. The summed E-state index contributed by atoms with van der Waals surface area (Å²) >= 11 is 0. The number of carbonyl (C=O) groups is 1. The first-order chi connectivity index (χ1) is 20.8. The van der Waals surface area contributed by atoms with Crippen LogP contribution in [-0.2, 0) is 6.54 Å². The Kier molecular flexibility index (Phi) is 11.3. The van der Waals surface area contributed by atoms with Crippen LogP contribution in [0.15, 0.2) is 116 Å². The molecule has 0 saturated carbocycles. The van der Waals surface area contributed by atoms with Crippen LogP contribution in [-0.4, -0.2) is 54.0 Å². The fourth-order valence-electron chi connectivity index (χ4n) is 4.72. The molecule has 1 aliphatic heterocycles. The SMILES string of the molecule is CN(C/C=C/C#CC(C)(C)C)Cc1cccc2ccccc12.O=C1N(C/C=C/c2ccccc2)CCN1c1cccnc1. The Bertz CT molecular complexity index is 1570. The minimum Gasteiger partial charge on any atom is -0.319 e. The number of likely N-dealkylation sites (N-methyl/N-ethyl adjacent to an activating group) is 1. The maximum Gasteiger partial charge on any atom is 0.324 e. The van der Waals surface area contributed by atoms with Gasteiger partial charge in [-0.1, -0.05) is 103 Å². The summed E-state index contributed by atoms with van der Waals surface area (Å²) in [6.07, 6.45) is 11.6. The van der Waals surface area contributed by atoms with Crippen molar-refractivity contribution in [3.8, 4) is 11.8 Å². The van der Waals surface area contributed by atoms with E-state index in [0.717, 1.165) is 30.9 Å². The summed E-state index contributed by atoms with van der Waals surface area (Å²) in [5.74, 6) is 6.33. The Morgan fingerprint density at radius 3 is 2.44 bits per heavy atom. The summed E-state index contributed by atoms with van der Waals surface area (Å²) < 4.78 is 0. The number of hydrogen-bond acceptors (Lipinski definition) is 3. The molecule has 0 N–H and O–H groups in total. The number of allylic oxidation sites excluding steroid dienone is 1. The van der Waals surface area contributed by atoms with E-state index in [1.807, 2.05) is 65.6 Å². The number of pyridine rings is 1. The summed E-state index contributed by atoms with van der Waals surface area (Å²) in [7, 11) is 2.14. The molecule has 2 heterocycles. The molecule has 5 nitrogen and oxygen atoms in total. The number of benzene rings is 3. The highest BCUT2D eigenvalue weighted by Gasteiger charge is 2.28. The van der Waals surface area contributed by atoms with E-state index in [4.69, 9.17) is 0 Å². The lowest BCUT2D eigenvalue weighted by Gasteiger charge is -2.17. The molecule has 3 aromatic carbocycles. The van der Waals surface area contributed by atoms with Crippen LogP contribution in [0.25, 0.3) is 16.8 Å². The molecule has 220 valence electrons. The smallest absolute Gasteiger partial charge is 0.319 e. The van der Waals surface area contributed by atoms with Gasteiger partial charge in [0.25, 0.3) is 0 Å². The van der Waals surface area contributed by atoms with Crippen molar-refractivity contribution in [2.75, 3.05) is 38.1 Å². The van der Waals surface area contributed by atoms with Gasteiger partial charge in [0.05, 0.1) is 11.9 Å². The molecule has 0 aliphatic carbocycles. The number of nitrogens with zero attached hydrogens (tertiary/aromatic N) is 4. The van der Waals surface area contributed by atoms with Crippen molar-refractivity contribution in [3.63, 3.8) is 0 Å². The summed E-state index contributed by atoms with van der Waals surface area (Å²) in [4.78, 5) is 22.3. The second kappa shape index (κ2) is 15.5.